The molecule has 0 spiro atoms. The summed E-state index contributed by atoms with van der Waals surface area (Å²) in [5.74, 6) is -4.15. The first-order valence-corrected chi connectivity index (χ1v) is 17.0. The van der Waals surface area contributed by atoms with Gasteiger partial charge in [-0.15, -0.1) is 0 Å². The molecule has 1 aliphatic heterocycles. The maximum atomic E-state index is 14.1. The van der Waals surface area contributed by atoms with E-state index in [-0.39, 0.29) is 35.1 Å². The molecule has 0 bridgehead atoms. The van der Waals surface area contributed by atoms with Gasteiger partial charge in [0.05, 0.1) is 17.8 Å². The second kappa shape index (κ2) is 13.3. The van der Waals surface area contributed by atoms with Gasteiger partial charge < -0.3 is 20.3 Å². The number of nitrogens with one attached hydrogen (secondary N) is 2. The van der Waals surface area contributed by atoms with Gasteiger partial charge in [0.25, 0.3) is 17.7 Å². The molecule has 266 valence electrons. The Balaban J connectivity index is 1.21. The third-order valence-electron chi connectivity index (χ3n) is 9.35. The fraction of sp³-hybridized carbons (Fsp3) is 0.282. The van der Waals surface area contributed by atoms with E-state index in [1.54, 1.807) is 31.7 Å². The smallest absolute Gasteiger partial charge is 0.338 e. The Bertz CT molecular complexity index is 2300. The molecule has 2 aromatic heterocycles. The van der Waals surface area contributed by atoms with E-state index in [1.807, 2.05) is 37.3 Å². The molecule has 3 heterocycles. The van der Waals surface area contributed by atoms with Gasteiger partial charge in [-0.25, -0.2) is 23.1 Å². The molecule has 0 radical (unpaired) electrons. The first kappa shape index (κ1) is 34.5. The summed E-state index contributed by atoms with van der Waals surface area (Å²) in [7, 11) is 0. The van der Waals surface area contributed by atoms with Crippen molar-refractivity contribution in [1.29, 1.82) is 0 Å². The van der Waals surface area contributed by atoms with Crippen LogP contribution in [0.3, 0.4) is 0 Å². The SMILES string of the molecule is Cc1c(C(=O)OC(C)(C)C)ccc2c1CC[C@@H]2NC(=O)c1cc(C(=O)NCc2ccc(F)c(F)c2)nc2c(C(=O)N3CCc4ccccc43)cnn12. The van der Waals surface area contributed by atoms with Gasteiger partial charge in [0.1, 0.15) is 22.6 Å². The Labute approximate surface area is 298 Å². The Hall–Kier alpha value is -5.98. The number of rotatable bonds is 7. The molecule has 0 unspecified atom stereocenters. The predicted molar refractivity (Wildman–Crippen MR) is 187 cm³/mol. The Morgan fingerprint density at radius 2 is 1.73 bits per heavy atom. The molecule has 0 saturated heterocycles. The molecular weight excluding hydrogens is 670 g/mol. The molecule has 2 aliphatic rings. The number of aromatic nitrogens is 3. The molecular formula is C39H36F2N6O5. The molecule has 1 atom stereocenters. The van der Waals surface area contributed by atoms with Crippen LogP contribution in [-0.2, 0) is 24.1 Å². The summed E-state index contributed by atoms with van der Waals surface area (Å²) in [5, 5.41) is 10.1. The van der Waals surface area contributed by atoms with Crippen molar-refractivity contribution in [2.24, 2.45) is 0 Å². The van der Waals surface area contributed by atoms with Crippen molar-refractivity contribution in [2.45, 2.75) is 65.1 Å². The van der Waals surface area contributed by atoms with Crippen LogP contribution in [0.4, 0.5) is 14.5 Å². The number of halogens is 2. The molecule has 11 nitrogen and oxygen atoms in total. The minimum atomic E-state index is -1.05. The lowest BCUT2D eigenvalue weighted by Gasteiger charge is -2.21. The lowest BCUT2D eigenvalue weighted by Crippen LogP contribution is -2.31. The molecule has 3 aromatic carbocycles. The van der Waals surface area contributed by atoms with Gasteiger partial charge in [-0.3, -0.25) is 14.4 Å². The molecule has 0 fully saturated rings. The number of para-hydroxylation sites is 1. The standard InChI is InChI=1S/C39H36F2N6O5/c1-21-24-12-14-30(26(24)11-10-25(21)38(51)52-39(2,3)4)45-36(49)33-18-31(35(48)42-19-22-9-13-28(40)29(41)17-22)44-34-27(20-43-47(33)34)37(50)46-16-15-23-7-5-6-8-32(23)46/h5-11,13,17-18,20,30H,12,14-16,19H2,1-4H3,(H,42,48)(H,45,49)/t30-/m0/s1. The summed E-state index contributed by atoms with van der Waals surface area (Å²) in [4.78, 5) is 60.5. The highest BCUT2D eigenvalue weighted by Crippen LogP contribution is 2.36. The van der Waals surface area contributed by atoms with E-state index in [0.717, 1.165) is 40.1 Å². The number of ether oxygens (including phenoxy) is 1. The largest absolute Gasteiger partial charge is 0.456 e. The zero-order chi connectivity index (χ0) is 36.9. The summed E-state index contributed by atoms with van der Waals surface area (Å²) in [5.41, 5.74) is 4.36. The molecule has 5 aromatic rings. The molecule has 7 rings (SSSR count). The van der Waals surface area contributed by atoms with Gasteiger partial charge in [0, 0.05) is 24.8 Å². The molecule has 2 N–H and O–H groups in total. The van der Waals surface area contributed by atoms with Gasteiger partial charge in [-0.1, -0.05) is 30.3 Å². The van der Waals surface area contributed by atoms with E-state index >= 15 is 0 Å². The molecule has 0 saturated carbocycles. The average molecular weight is 707 g/mol. The minimum absolute atomic E-state index is 0.00433. The van der Waals surface area contributed by atoms with Crippen LogP contribution in [0.5, 0.6) is 0 Å². The van der Waals surface area contributed by atoms with Crippen LogP contribution in [0.2, 0.25) is 0 Å². The van der Waals surface area contributed by atoms with Crippen LogP contribution in [0, 0.1) is 18.6 Å². The fourth-order valence-electron chi connectivity index (χ4n) is 6.83. The van der Waals surface area contributed by atoms with E-state index in [9.17, 15) is 28.0 Å². The van der Waals surface area contributed by atoms with Crippen LogP contribution in [0.15, 0.2) is 66.9 Å². The van der Waals surface area contributed by atoms with Crippen molar-refractivity contribution in [2.75, 3.05) is 11.4 Å². The second-order valence-corrected chi connectivity index (χ2v) is 14.0. The number of carbonyl (C=O) groups is 4. The number of nitrogens with zero attached hydrogens (tertiary/aromatic N) is 4. The number of anilines is 1. The zero-order valence-corrected chi connectivity index (χ0v) is 29.0. The minimum Gasteiger partial charge on any atom is -0.456 e. The molecule has 52 heavy (non-hydrogen) atoms. The Morgan fingerprint density at radius 3 is 2.50 bits per heavy atom. The van der Waals surface area contributed by atoms with Gasteiger partial charge in [-0.2, -0.15) is 5.10 Å². The van der Waals surface area contributed by atoms with Crippen LogP contribution in [0.1, 0.15) is 103 Å². The lowest BCUT2D eigenvalue weighted by molar-refractivity contribution is 0.00682. The van der Waals surface area contributed by atoms with Crippen LogP contribution in [-0.4, -0.2) is 50.4 Å². The number of benzene rings is 3. The van der Waals surface area contributed by atoms with Crippen molar-refractivity contribution < 1.29 is 32.7 Å². The summed E-state index contributed by atoms with van der Waals surface area (Å²) in [6, 6.07) is 15.2. The van der Waals surface area contributed by atoms with Crippen molar-refractivity contribution in [3.63, 3.8) is 0 Å². The average Bonchev–Trinajstić information content (AvgIpc) is 3.85. The predicted octanol–water partition coefficient (Wildman–Crippen LogP) is 5.82. The van der Waals surface area contributed by atoms with Crippen molar-refractivity contribution >= 4 is 35.0 Å². The van der Waals surface area contributed by atoms with Crippen molar-refractivity contribution in [3.05, 3.63) is 129 Å². The van der Waals surface area contributed by atoms with E-state index in [0.29, 0.717) is 36.9 Å². The van der Waals surface area contributed by atoms with Crippen molar-refractivity contribution in [3.8, 4) is 0 Å². The summed E-state index contributed by atoms with van der Waals surface area (Å²) >= 11 is 0. The first-order chi connectivity index (χ1) is 24.8. The topological polar surface area (TPSA) is 135 Å². The molecule has 13 heteroatoms. The van der Waals surface area contributed by atoms with Gasteiger partial charge in [0.2, 0.25) is 0 Å². The Morgan fingerprint density at radius 1 is 0.942 bits per heavy atom. The maximum Gasteiger partial charge on any atom is 0.338 e. The van der Waals surface area contributed by atoms with E-state index < -0.39 is 41.1 Å². The highest BCUT2D eigenvalue weighted by atomic mass is 19.2. The van der Waals surface area contributed by atoms with E-state index in [1.165, 1.54) is 22.8 Å². The zero-order valence-electron chi connectivity index (χ0n) is 29.0. The number of carbonyl (C=O) groups excluding carboxylic acids is 4. The van der Waals surface area contributed by atoms with Crippen LogP contribution in [0.25, 0.3) is 5.65 Å². The number of fused-ring (bicyclic) bond motifs is 3. The van der Waals surface area contributed by atoms with Gasteiger partial charge in [0.15, 0.2) is 17.3 Å². The van der Waals surface area contributed by atoms with Gasteiger partial charge >= 0.3 is 5.97 Å². The number of esters is 1. The second-order valence-electron chi connectivity index (χ2n) is 14.0. The number of hydrogen-bond acceptors (Lipinski definition) is 7. The third-order valence-corrected chi connectivity index (χ3v) is 9.35. The third kappa shape index (κ3) is 6.49. The summed E-state index contributed by atoms with van der Waals surface area (Å²) < 4.78 is 34.1. The number of hydrogen-bond donors (Lipinski definition) is 2. The van der Waals surface area contributed by atoms with Crippen LogP contribution < -0.4 is 15.5 Å². The number of amides is 3. The highest BCUT2D eigenvalue weighted by Gasteiger charge is 2.32. The first-order valence-electron chi connectivity index (χ1n) is 17.0. The van der Waals surface area contributed by atoms with Crippen molar-refractivity contribution in [1.82, 2.24) is 25.2 Å². The Kier molecular flexibility index (Phi) is 8.81. The normalized spacial score (nSPS) is 15.0. The summed E-state index contributed by atoms with van der Waals surface area (Å²) in [6.45, 7) is 7.57. The highest BCUT2D eigenvalue weighted by molar-refractivity contribution is 6.11. The van der Waals surface area contributed by atoms with Crippen LogP contribution >= 0.6 is 0 Å². The van der Waals surface area contributed by atoms with E-state index in [2.05, 4.69) is 20.7 Å². The molecule has 1 aliphatic carbocycles. The van der Waals surface area contributed by atoms with E-state index in [4.69, 9.17) is 4.74 Å². The molecule has 3 amide bonds. The maximum absolute atomic E-state index is 14.1. The fourth-order valence-corrected chi connectivity index (χ4v) is 6.83. The quantitative estimate of drug-likeness (QED) is 0.204. The van der Waals surface area contributed by atoms with Gasteiger partial charge in [-0.05, 0) is 99.0 Å². The lowest BCUT2D eigenvalue weighted by atomic mass is 9.97. The monoisotopic (exact) mass is 706 g/mol. The summed E-state index contributed by atoms with van der Waals surface area (Å²) in [6.07, 6.45) is 3.18.